The first-order valence-corrected chi connectivity index (χ1v) is 10.8. The molecule has 146 valence electrons. The Hall–Kier alpha value is -1.10. The maximum atomic E-state index is 12.9. The highest BCUT2D eigenvalue weighted by Crippen LogP contribution is 2.45. The molecule has 5 nitrogen and oxygen atoms in total. The van der Waals surface area contributed by atoms with Crippen LogP contribution < -0.4 is 0 Å². The van der Waals surface area contributed by atoms with Crippen molar-refractivity contribution in [3.05, 3.63) is 0 Å². The molecule has 3 saturated heterocycles. The highest BCUT2D eigenvalue weighted by molar-refractivity contribution is 5.84. The van der Waals surface area contributed by atoms with Gasteiger partial charge in [0.2, 0.25) is 0 Å². The van der Waals surface area contributed by atoms with E-state index in [0.29, 0.717) is 18.6 Å². The van der Waals surface area contributed by atoms with Gasteiger partial charge in [0, 0.05) is 12.3 Å². The van der Waals surface area contributed by atoms with Crippen LogP contribution in [-0.2, 0) is 19.1 Å². The van der Waals surface area contributed by atoms with E-state index < -0.39 is 5.60 Å². The molecule has 0 unspecified atom stereocenters. The van der Waals surface area contributed by atoms with Gasteiger partial charge in [0.05, 0.1) is 39.2 Å². The highest BCUT2D eigenvalue weighted by atomic mass is 16.6. The molecule has 4 fully saturated rings. The van der Waals surface area contributed by atoms with Crippen LogP contribution in [0.15, 0.2) is 0 Å². The molecule has 26 heavy (non-hydrogen) atoms. The monoisotopic (exact) mass is 364 g/mol. The minimum Gasteiger partial charge on any atom is -0.465 e. The predicted octanol–water partition coefficient (Wildman–Crippen LogP) is 3.20. The number of rotatable bonds is 3. The third-order valence-electron chi connectivity index (χ3n) is 7.75. The molecule has 3 aliphatic heterocycles. The largest absolute Gasteiger partial charge is 0.465 e. The molecule has 0 aromatic carbocycles. The number of carbonyl (C=O) groups excluding carboxylic acids is 2. The van der Waals surface area contributed by atoms with E-state index in [1.165, 1.54) is 45.2 Å². The number of fused-ring (bicyclic) bond motifs is 1. The zero-order valence-electron chi connectivity index (χ0n) is 16.2. The van der Waals surface area contributed by atoms with E-state index >= 15 is 0 Å². The molecule has 0 aromatic rings. The lowest BCUT2D eigenvalue weighted by Gasteiger charge is -2.51. The van der Waals surface area contributed by atoms with E-state index in [1.54, 1.807) is 0 Å². The third kappa shape index (κ3) is 3.28. The summed E-state index contributed by atoms with van der Waals surface area (Å²) in [4.78, 5) is 24.8. The van der Waals surface area contributed by atoms with Crippen molar-refractivity contribution in [3.63, 3.8) is 0 Å². The van der Waals surface area contributed by atoms with Gasteiger partial charge in [0.25, 0.3) is 0 Å². The van der Waals surface area contributed by atoms with E-state index in [4.69, 9.17) is 9.47 Å². The number of piperidine rings is 2. The Morgan fingerprint density at radius 2 is 1.88 bits per heavy atom. The number of ether oxygens (including phenoxy) is 2. The Kier molecular flexibility index (Phi) is 5.02. The van der Waals surface area contributed by atoms with Crippen LogP contribution in [0.5, 0.6) is 0 Å². The first kappa shape index (κ1) is 18.3. The number of esters is 2. The highest BCUT2D eigenvalue weighted by Gasteiger charge is 2.54. The molecule has 1 saturated carbocycles. The van der Waals surface area contributed by atoms with Crippen LogP contribution in [0.2, 0.25) is 0 Å². The van der Waals surface area contributed by atoms with Crippen molar-refractivity contribution in [1.82, 2.24) is 0 Å². The summed E-state index contributed by atoms with van der Waals surface area (Å²) in [6, 6.07) is 0.635. The minimum atomic E-state index is -0.561. The Labute approximate surface area is 157 Å². The van der Waals surface area contributed by atoms with Crippen molar-refractivity contribution in [3.8, 4) is 0 Å². The number of quaternary nitrogens is 1. The first-order chi connectivity index (χ1) is 12.5. The lowest BCUT2D eigenvalue weighted by molar-refractivity contribution is -0.947. The molecular formula is C21H34NO4+. The summed E-state index contributed by atoms with van der Waals surface area (Å²) in [5, 5.41) is 0. The van der Waals surface area contributed by atoms with E-state index in [9.17, 15) is 9.59 Å². The van der Waals surface area contributed by atoms with E-state index in [0.717, 1.165) is 36.6 Å². The SMILES string of the molecule is C[N@+]12CCCC[C@H]1[C@@H](COC(=O)[C@@H]1CC(=O)OC13CCCCC3)CCC2. The molecule has 4 aliphatic rings. The van der Waals surface area contributed by atoms with Crippen LogP contribution >= 0.6 is 0 Å². The fourth-order valence-corrected chi connectivity index (χ4v) is 6.31. The normalized spacial score (nSPS) is 39.3. The molecular weight excluding hydrogens is 330 g/mol. The van der Waals surface area contributed by atoms with Gasteiger partial charge in [-0.1, -0.05) is 6.42 Å². The zero-order chi connectivity index (χ0) is 18.2. The van der Waals surface area contributed by atoms with Crippen molar-refractivity contribution in [2.75, 3.05) is 26.7 Å². The van der Waals surface area contributed by atoms with Crippen LogP contribution in [0.4, 0.5) is 0 Å². The smallest absolute Gasteiger partial charge is 0.313 e. The number of nitrogens with zero attached hydrogens (tertiary/aromatic N) is 1. The topological polar surface area (TPSA) is 52.6 Å². The Bertz CT molecular complexity index is 552. The summed E-state index contributed by atoms with van der Waals surface area (Å²) in [6.07, 6.45) is 11.4. The standard InChI is InChI=1S/C21H34NO4/c1-22-12-6-3-9-18(22)16(8-7-13-22)15-25-20(24)17-14-19(23)26-21(17)10-4-2-5-11-21/h16-18H,2-15H2,1H3/q+1/t16-,17+,18+,22-/m1/s1. The van der Waals surface area contributed by atoms with Crippen molar-refractivity contribution in [1.29, 1.82) is 0 Å². The average molecular weight is 365 g/mol. The van der Waals surface area contributed by atoms with Gasteiger partial charge in [-0.2, -0.15) is 0 Å². The van der Waals surface area contributed by atoms with E-state index in [1.807, 2.05) is 0 Å². The summed E-state index contributed by atoms with van der Waals surface area (Å²) in [5.41, 5.74) is -0.561. The van der Waals surface area contributed by atoms with Gasteiger partial charge in [-0.3, -0.25) is 9.59 Å². The molecule has 4 rings (SSSR count). The lowest BCUT2D eigenvalue weighted by atomic mass is 9.76. The summed E-state index contributed by atoms with van der Waals surface area (Å²) >= 11 is 0. The first-order valence-electron chi connectivity index (χ1n) is 10.8. The molecule has 1 aliphatic carbocycles. The maximum Gasteiger partial charge on any atom is 0.313 e. The fraction of sp³-hybridized carbons (Fsp3) is 0.905. The Morgan fingerprint density at radius 3 is 2.69 bits per heavy atom. The quantitative estimate of drug-likeness (QED) is 0.570. The Morgan fingerprint density at radius 1 is 1.12 bits per heavy atom. The summed E-state index contributed by atoms with van der Waals surface area (Å²) in [5.74, 6) is -0.319. The molecule has 4 atom stereocenters. The van der Waals surface area contributed by atoms with Crippen LogP contribution in [0.3, 0.4) is 0 Å². The number of hydrogen-bond acceptors (Lipinski definition) is 4. The van der Waals surface area contributed by atoms with E-state index in [-0.39, 0.29) is 24.3 Å². The van der Waals surface area contributed by atoms with Crippen LogP contribution in [0, 0.1) is 11.8 Å². The minimum absolute atomic E-state index is 0.187. The molecule has 5 heteroatoms. The average Bonchev–Trinajstić information content (AvgIpc) is 2.95. The summed E-state index contributed by atoms with van der Waals surface area (Å²) in [6.45, 7) is 3.06. The van der Waals surface area contributed by atoms with Crippen molar-refractivity contribution < 1.29 is 23.5 Å². The van der Waals surface area contributed by atoms with Gasteiger partial charge in [-0.15, -0.1) is 0 Å². The van der Waals surface area contributed by atoms with Gasteiger partial charge in [-0.25, -0.2) is 0 Å². The molecule has 0 N–H and O–H groups in total. The van der Waals surface area contributed by atoms with Gasteiger partial charge in [-0.05, 0) is 51.4 Å². The van der Waals surface area contributed by atoms with Crippen LogP contribution in [0.1, 0.15) is 70.6 Å². The fourth-order valence-electron chi connectivity index (χ4n) is 6.31. The van der Waals surface area contributed by atoms with Crippen molar-refractivity contribution in [2.24, 2.45) is 11.8 Å². The summed E-state index contributed by atoms with van der Waals surface area (Å²) in [7, 11) is 2.39. The lowest BCUT2D eigenvalue weighted by Crippen LogP contribution is -2.61. The summed E-state index contributed by atoms with van der Waals surface area (Å²) < 4.78 is 12.7. The third-order valence-corrected chi connectivity index (χ3v) is 7.75. The second-order valence-electron chi connectivity index (χ2n) is 9.38. The van der Waals surface area contributed by atoms with Gasteiger partial charge in [0.1, 0.15) is 11.5 Å². The van der Waals surface area contributed by atoms with Crippen molar-refractivity contribution >= 4 is 11.9 Å². The van der Waals surface area contributed by atoms with Gasteiger partial charge in [0.15, 0.2) is 0 Å². The molecule has 0 aromatic heterocycles. The second kappa shape index (κ2) is 7.14. The van der Waals surface area contributed by atoms with Gasteiger partial charge >= 0.3 is 11.9 Å². The molecule has 1 spiro atoms. The molecule has 0 amide bonds. The molecule has 0 radical (unpaired) electrons. The number of carbonyl (C=O) groups is 2. The van der Waals surface area contributed by atoms with Crippen LogP contribution in [-0.4, -0.2) is 54.8 Å². The molecule has 0 bridgehead atoms. The maximum absolute atomic E-state index is 12.9. The zero-order valence-corrected chi connectivity index (χ0v) is 16.2. The number of hydrogen-bond donors (Lipinski definition) is 0. The van der Waals surface area contributed by atoms with Crippen molar-refractivity contribution in [2.45, 2.75) is 82.3 Å². The van der Waals surface area contributed by atoms with Gasteiger partial charge < -0.3 is 14.0 Å². The van der Waals surface area contributed by atoms with Crippen LogP contribution in [0.25, 0.3) is 0 Å². The van der Waals surface area contributed by atoms with E-state index in [2.05, 4.69) is 7.05 Å². The second-order valence-corrected chi connectivity index (χ2v) is 9.38. The predicted molar refractivity (Wildman–Crippen MR) is 97.3 cm³/mol. The molecule has 3 heterocycles. The Balaban J connectivity index is 1.39.